The van der Waals surface area contributed by atoms with Crippen molar-refractivity contribution in [2.45, 2.75) is 31.5 Å². The van der Waals surface area contributed by atoms with Crippen LogP contribution in [0.15, 0.2) is 40.8 Å². The number of amidine groups is 1. The first kappa shape index (κ1) is 21.2. The molecular formula is C20H24N4O6S. The maximum Gasteiger partial charge on any atom is 0.344 e. The van der Waals surface area contributed by atoms with Gasteiger partial charge in [0.1, 0.15) is 30.1 Å². The predicted molar refractivity (Wildman–Crippen MR) is 114 cm³/mol. The highest BCUT2D eigenvalue weighted by molar-refractivity contribution is 7.91. The summed E-state index contributed by atoms with van der Waals surface area (Å²) in [6, 6.07) is 8.73. The third kappa shape index (κ3) is 4.38. The van der Waals surface area contributed by atoms with E-state index in [9.17, 15) is 23.7 Å². The van der Waals surface area contributed by atoms with E-state index in [1.807, 2.05) is 4.90 Å². The fourth-order valence-electron chi connectivity index (χ4n) is 3.97. The Bertz CT molecular complexity index is 1120. The van der Waals surface area contributed by atoms with E-state index in [1.54, 1.807) is 18.2 Å². The Morgan fingerprint density at radius 3 is 2.87 bits per heavy atom. The summed E-state index contributed by atoms with van der Waals surface area (Å²) < 4.78 is 35.3. The van der Waals surface area contributed by atoms with Crippen LogP contribution >= 0.6 is 0 Å². The first-order valence-corrected chi connectivity index (χ1v) is 11.3. The Morgan fingerprint density at radius 1 is 1.26 bits per heavy atom. The number of fused-ring (bicyclic) bond motifs is 1. The van der Waals surface area contributed by atoms with Crippen LogP contribution in [-0.2, 0) is 10.2 Å². The Kier molecular flexibility index (Phi) is 5.65. The smallest absolute Gasteiger partial charge is 0.344 e. The molecule has 0 aliphatic carbocycles. The summed E-state index contributed by atoms with van der Waals surface area (Å²) >= 11 is 0. The standard InChI is InChI=1S/C20H24N4O6S/c21-19-18-15(22-31(28,29)23-19)5-3-6-17(18)30-11-12-4-1-2-9-24(12)20(27)14-10-13(25)7-8-16(14)26/h3,5-8,10,12,20,22,25-27H,1-2,4,9,11H2,(H2,21,23)/t12-,20?/m1/s1. The number of nitrogens with zero attached hydrogens (tertiary/aromatic N) is 2. The molecule has 6 N–H and O–H groups in total. The number of anilines is 1. The molecule has 0 radical (unpaired) electrons. The minimum absolute atomic E-state index is 0.0511. The van der Waals surface area contributed by atoms with Crippen molar-refractivity contribution < 1.29 is 28.5 Å². The molecule has 2 heterocycles. The second-order valence-corrected chi connectivity index (χ2v) is 8.88. The Labute approximate surface area is 179 Å². The van der Waals surface area contributed by atoms with Gasteiger partial charge in [-0.3, -0.25) is 9.62 Å². The van der Waals surface area contributed by atoms with E-state index >= 15 is 0 Å². The van der Waals surface area contributed by atoms with E-state index in [-0.39, 0.29) is 41.2 Å². The Morgan fingerprint density at radius 2 is 2.06 bits per heavy atom. The van der Waals surface area contributed by atoms with Crippen molar-refractivity contribution in [1.29, 1.82) is 0 Å². The fraction of sp³-hybridized carbons (Fsp3) is 0.350. The van der Waals surface area contributed by atoms with E-state index < -0.39 is 16.4 Å². The fourth-order valence-corrected chi connectivity index (χ4v) is 4.82. The summed E-state index contributed by atoms with van der Waals surface area (Å²) in [6.07, 6.45) is 1.44. The lowest BCUT2D eigenvalue weighted by molar-refractivity contribution is -0.0552. The molecule has 2 atom stereocenters. The molecule has 1 unspecified atom stereocenters. The van der Waals surface area contributed by atoms with Crippen LogP contribution in [0.1, 0.15) is 36.6 Å². The number of likely N-dealkylation sites (tertiary alicyclic amines) is 1. The van der Waals surface area contributed by atoms with Crippen LogP contribution in [0.3, 0.4) is 0 Å². The van der Waals surface area contributed by atoms with Gasteiger partial charge in [-0.2, -0.15) is 8.42 Å². The van der Waals surface area contributed by atoms with Gasteiger partial charge in [0.15, 0.2) is 5.84 Å². The lowest BCUT2D eigenvalue weighted by atomic mass is 10.00. The van der Waals surface area contributed by atoms with Gasteiger partial charge in [-0.05, 0) is 43.2 Å². The largest absolute Gasteiger partial charge is 0.508 e. The number of piperidine rings is 1. The minimum Gasteiger partial charge on any atom is -0.508 e. The maximum atomic E-state index is 11.8. The second-order valence-electron chi connectivity index (χ2n) is 7.55. The number of ether oxygens (including phenoxy) is 1. The number of rotatable bonds is 5. The molecule has 2 aliphatic heterocycles. The zero-order valence-electron chi connectivity index (χ0n) is 16.6. The van der Waals surface area contributed by atoms with E-state index in [0.717, 1.165) is 19.3 Å². The molecule has 0 saturated carbocycles. The van der Waals surface area contributed by atoms with Gasteiger partial charge in [0.05, 0.1) is 11.3 Å². The lowest BCUT2D eigenvalue weighted by Crippen LogP contribution is -2.45. The summed E-state index contributed by atoms with van der Waals surface area (Å²) in [5, 5.41) is 30.8. The van der Waals surface area contributed by atoms with Crippen molar-refractivity contribution in [3.8, 4) is 17.2 Å². The van der Waals surface area contributed by atoms with Crippen molar-refractivity contribution in [2.75, 3.05) is 17.9 Å². The number of hydrogen-bond donors (Lipinski definition) is 5. The highest BCUT2D eigenvalue weighted by Crippen LogP contribution is 2.35. The third-order valence-electron chi connectivity index (χ3n) is 5.45. The highest BCUT2D eigenvalue weighted by Gasteiger charge is 2.31. The van der Waals surface area contributed by atoms with E-state index in [4.69, 9.17) is 10.5 Å². The van der Waals surface area contributed by atoms with Crippen molar-refractivity contribution in [3.63, 3.8) is 0 Å². The normalized spacial score (nSPS) is 21.5. The van der Waals surface area contributed by atoms with Gasteiger partial charge in [0, 0.05) is 18.2 Å². The topological polar surface area (TPSA) is 158 Å². The van der Waals surface area contributed by atoms with Gasteiger partial charge in [-0.15, -0.1) is 4.40 Å². The second kappa shape index (κ2) is 8.25. The summed E-state index contributed by atoms with van der Waals surface area (Å²) in [5.74, 6) is 0.0599. The van der Waals surface area contributed by atoms with Crippen LogP contribution in [0.25, 0.3) is 0 Å². The van der Waals surface area contributed by atoms with Crippen molar-refractivity contribution >= 4 is 21.7 Å². The van der Waals surface area contributed by atoms with Crippen LogP contribution in [0.2, 0.25) is 0 Å². The quantitative estimate of drug-likeness (QED) is 0.430. The number of hydrogen-bond acceptors (Lipinski definition) is 8. The lowest BCUT2D eigenvalue weighted by Gasteiger charge is -2.39. The van der Waals surface area contributed by atoms with Crippen LogP contribution < -0.4 is 15.2 Å². The van der Waals surface area contributed by atoms with Gasteiger partial charge in [0.2, 0.25) is 0 Å². The minimum atomic E-state index is -3.88. The number of nitrogens with one attached hydrogen (secondary N) is 1. The average molecular weight is 449 g/mol. The highest BCUT2D eigenvalue weighted by atomic mass is 32.2. The van der Waals surface area contributed by atoms with Crippen molar-refractivity contribution in [2.24, 2.45) is 10.1 Å². The number of aromatic hydroxyl groups is 2. The molecular weight excluding hydrogens is 424 g/mol. The Balaban J connectivity index is 1.55. The molecule has 1 fully saturated rings. The molecule has 11 heteroatoms. The Hall–Kier alpha value is -3.02. The molecule has 166 valence electrons. The summed E-state index contributed by atoms with van der Waals surface area (Å²) in [5.41, 5.74) is 6.73. The third-order valence-corrected chi connectivity index (χ3v) is 6.36. The number of nitrogens with two attached hydrogens (primary N) is 1. The number of aliphatic hydroxyl groups excluding tert-OH is 1. The average Bonchev–Trinajstić information content (AvgIpc) is 2.72. The molecule has 31 heavy (non-hydrogen) atoms. The molecule has 10 nitrogen and oxygen atoms in total. The van der Waals surface area contributed by atoms with Crippen LogP contribution in [0.5, 0.6) is 17.2 Å². The van der Waals surface area contributed by atoms with Crippen LogP contribution in [-0.4, -0.2) is 53.7 Å². The number of aliphatic hydroxyl groups is 1. The predicted octanol–water partition coefficient (Wildman–Crippen LogP) is 1.40. The molecule has 0 aromatic heterocycles. The monoisotopic (exact) mass is 448 g/mol. The van der Waals surface area contributed by atoms with E-state index in [0.29, 0.717) is 17.9 Å². The zero-order chi connectivity index (χ0) is 22.2. The van der Waals surface area contributed by atoms with Gasteiger partial charge < -0.3 is 25.8 Å². The summed E-state index contributed by atoms with van der Waals surface area (Å²) in [6.45, 7) is 0.785. The molecule has 2 aromatic carbocycles. The first-order valence-electron chi connectivity index (χ1n) is 9.85. The zero-order valence-corrected chi connectivity index (χ0v) is 17.4. The molecule has 2 aromatic rings. The van der Waals surface area contributed by atoms with Gasteiger partial charge in [-0.1, -0.05) is 12.5 Å². The molecule has 0 amide bonds. The van der Waals surface area contributed by atoms with Crippen molar-refractivity contribution in [3.05, 3.63) is 47.5 Å². The summed E-state index contributed by atoms with van der Waals surface area (Å²) in [7, 11) is -3.88. The maximum absolute atomic E-state index is 11.8. The van der Waals surface area contributed by atoms with Crippen molar-refractivity contribution in [1.82, 2.24) is 4.90 Å². The van der Waals surface area contributed by atoms with E-state index in [2.05, 4.69) is 9.12 Å². The molecule has 0 bridgehead atoms. The number of benzene rings is 2. The number of phenols is 2. The molecule has 4 rings (SSSR count). The van der Waals surface area contributed by atoms with Crippen LogP contribution in [0.4, 0.5) is 5.69 Å². The number of phenolic OH excluding ortho intramolecular Hbond substituents is 2. The van der Waals surface area contributed by atoms with Gasteiger partial charge >= 0.3 is 10.2 Å². The molecule has 1 saturated heterocycles. The van der Waals surface area contributed by atoms with E-state index in [1.165, 1.54) is 18.2 Å². The molecule has 0 spiro atoms. The van der Waals surface area contributed by atoms with Gasteiger partial charge in [-0.25, -0.2) is 0 Å². The first-order chi connectivity index (χ1) is 14.7. The van der Waals surface area contributed by atoms with Gasteiger partial charge in [0.25, 0.3) is 0 Å². The molecule has 2 aliphatic rings. The summed E-state index contributed by atoms with van der Waals surface area (Å²) in [4.78, 5) is 1.81. The van der Waals surface area contributed by atoms with Crippen LogP contribution in [0, 0.1) is 0 Å². The SMILES string of the molecule is NC1=NS(=O)(=O)Nc2cccc(OC[C@H]3CCCCN3C(O)c3cc(O)ccc3O)c21.